The van der Waals surface area contributed by atoms with Gasteiger partial charge in [0.25, 0.3) is 0 Å². The van der Waals surface area contributed by atoms with Crippen molar-refractivity contribution in [1.29, 1.82) is 0 Å². The van der Waals surface area contributed by atoms with E-state index in [1.165, 1.54) is 11.6 Å². The molecule has 0 saturated heterocycles. The van der Waals surface area contributed by atoms with Crippen molar-refractivity contribution in [3.8, 4) is 11.3 Å². The summed E-state index contributed by atoms with van der Waals surface area (Å²) in [5, 5.41) is 2.48. The van der Waals surface area contributed by atoms with Crippen LogP contribution in [0.15, 0.2) is 56.1 Å². The van der Waals surface area contributed by atoms with E-state index in [0.717, 1.165) is 27.5 Å². The molecule has 0 aliphatic heterocycles. The summed E-state index contributed by atoms with van der Waals surface area (Å²) >= 11 is 6.12. The van der Waals surface area contributed by atoms with E-state index in [1.54, 1.807) is 6.07 Å². The van der Waals surface area contributed by atoms with E-state index >= 15 is 0 Å². The summed E-state index contributed by atoms with van der Waals surface area (Å²) in [5.41, 5.74) is 3.80. The van der Waals surface area contributed by atoms with Gasteiger partial charge < -0.3 is 8.83 Å². The summed E-state index contributed by atoms with van der Waals surface area (Å²) in [6.07, 6.45) is 0. The van der Waals surface area contributed by atoms with E-state index in [1.807, 2.05) is 31.2 Å². The van der Waals surface area contributed by atoms with Crippen molar-refractivity contribution in [3.63, 3.8) is 0 Å². The summed E-state index contributed by atoms with van der Waals surface area (Å²) in [4.78, 5) is 12.0. The molecule has 0 radical (unpaired) electrons. The molecule has 0 N–H and O–H groups in total. The van der Waals surface area contributed by atoms with E-state index < -0.39 is 5.63 Å². The highest BCUT2D eigenvalue weighted by molar-refractivity contribution is 6.31. The molecule has 0 bridgehead atoms. The summed E-state index contributed by atoms with van der Waals surface area (Å²) in [7, 11) is 0. The largest absolute Gasteiger partial charge is 0.456 e. The third-order valence-electron chi connectivity index (χ3n) is 4.58. The van der Waals surface area contributed by atoms with Crippen molar-refractivity contribution in [3.05, 3.63) is 69.0 Å². The Hall–Kier alpha value is -2.52. The lowest BCUT2D eigenvalue weighted by Gasteiger charge is -2.09. The molecule has 0 unspecified atom stereocenters. The molecule has 4 aromatic rings. The van der Waals surface area contributed by atoms with Gasteiger partial charge in [0, 0.05) is 33.0 Å². The second kappa shape index (κ2) is 5.78. The van der Waals surface area contributed by atoms with Crippen molar-refractivity contribution < 1.29 is 8.83 Å². The first-order chi connectivity index (χ1) is 11.9. The van der Waals surface area contributed by atoms with Gasteiger partial charge in [0.15, 0.2) is 0 Å². The molecule has 2 aromatic heterocycles. The predicted molar refractivity (Wildman–Crippen MR) is 102 cm³/mol. The number of aryl methyl sites for hydroxylation is 1. The minimum Gasteiger partial charge on any atom is -0.456 e. The first-order valence-corrected chi connectivity index (χ1v) is 8.58. The van der Waals surface area contributed by atoms with Crippen LogP contribution in [0.5, 0.6) is 0 Å². The zero-order valence-corrected chi connectivity index (χ0v) is 15.0. The maximum atomic E-state index is 12.0. The number of rotatable bonds is 2. The van der Waals surface area contributed by atoms with Crippen molar-refractivity contribution in [2.45, 2.75) is 26.7 Å². The summed E-state index contributed by atoms with van der Waals surface area (Å²) in [5.74, 6) is 1.05. The van der Waals surface area contributed by atoms with E-state index in [2.05, 4.69) is 19.9 Å². The van der Waals surface area contributed by atoms with Gasteiger partial charge >= 0.3 is 5.63 Å². The maximum absolute atomic E-state index is 12.0. The highest BCUT2D eigenvalue weighted by Crippen LogP contribution is 2.37. The van der Waals surface area contributed by atoms with Crippen LogP contribution in [0.1, 0.15) is 30.9 Å². The molecule has 0 saturated carbocycles. The molecular weight excluding hydrogens is 336 g/mol. The average Bonchev–Trinajstić information content (AvgIpc) is 2.90. The molecule has 4 heteroatoms. The highest BCUT2D eigenvalue weighted by atomic mass is 35.5. The first kappa shape index (κ1) is 16.0. The van der Waals surface area contributed by atoms with Gasteiger partial charge in [-0.15, -0.1) is 0 Å². The molecule has 0 aliphatic rings. The van der Waals surface area contributed by atoms with Crippen LogP contribution in [0, 0.1) is 6.92 Å². The minimum absolute atomic E-state index is 0.375. The summed E-state index contributed by atoms with van der Waals surface area (Å²) in [6.45, 7) is 6.24. The molecule has 0 amide bonds. The maximum Gasteiger partial charge on any atom is 0.336 e. The monoisotopic (exact) mass is 352 g/mol. The number of hydrogen-bond acceptors (Lipinski definition) is 3. The summed E-state index contributed by atoms with van der Waals surface area (Å²) in [6, 6.07) is 12.9. The fourth-order valence-corrected chi connectivity index (χ4v) is 3.35. The molecule has 0 spiro atoms. The topological polar surface area (TPSA) is 43.4 Å². The molecule has 126 valence electrons. The Morgan fingerprint density at radius 2 is 1.64 bits per heavy atom. The Kier molecular flexibility index (Phi) is 3.69. The Morgan fingerprint density at radius 1 is 0.920 bits per heavy atom. The third-order valence-corrected chi connectivity index (χ3v) is 4.81. The van der Waals surface area contributed by atoms with E-state index in [0.29, 0.717) is 22.3 Å². The highest BCUT2D eigenvalue weighted by Gasteiger charge is 2.17. The Balaban J connectivity index is 2.08. The molecule has 0 atom stereocenters. The number of furan rings is 1. The van der Waals surface area contributed by atoms with Crippen LogP contribution >= 0.6 is 11.6 Å². The molecule has 0 fully saturated rings. The van der Waals surface area contributed by atoms with Gasteiger partial charge in [-0.3, -0.25) is 0 Å². The molecule has 4 rings (SSSR count). The van der Waals surface area contributed by atoms with Crippen molar-refractivity contribution >= 4 is 33.5 Å². The van der Waals surface area contributed by atoms with E-state index in [9.17, 15) is 4.79 Å². The van der Waals surface area contributed by atoms with Gasteiger partial charge in [-0.2, -0.15) is 0 Å². The molecule has 3 nitrogen and oxygen atoms in total. The zero-order chi connectivity index (χ0) is 17.7. The second-order valence-electron chi connectivity index (χ2n) is 6.59. The van der Waals surface area contributed by atoms with Crippen LogP contribution < -0.4 is 5.63 Å². The average molecular weight is 353 g/mol. The van der Waals surface area contributed by atoms with Crippen molar-refractivity contribution in [1.82, 2.24) is 0 Å². The second-order valence-corrected chi connectivity index (χ2v) is 7.02. The Bertz CT molecular complexity index is 1170. The quantitative estimate of drug-likeness (QED) is 0.398. The normalized spacial score (nSPS) is 11.7. The van der Waals surface area contributed by atoms with E-state index in [-0.39, 0.29) is 0 Å². The predicted octanol–water partition coefficient (Wildman–Crippen LogP) is 6.29. The number of hydrogen-bond donors (Lipinski definition) is 0. The lowest BCUT2D eigenvalue weighted by atomic mass is 9.98. The third kappa shape index (κ3) is 2.65. The first-order valence-electron chi connectivity index (χ1n) is 8.21. The lowest BCUT2D eigenvalue weighted by molar-refractivity contribution is 0.559. The fraction of sp³-hybridized carbons (Fsp3) is 0.190. The number of fused-ring (bicyclic) bond motifs is 2. The van der Waals surface area contributed by atoms with Crippen LogP contribution in [-0.2, 0) is 0 Å². The molecule has 2 heterocycles. The van der Waals surface area contributed by atoms with Crippen LogP contribution in [0.2, 0.25) is 5.02 Å². The van der Waals surface area contributed by atoms with Gasteiger partial charge in [0.05, 0.1) is 0 Å². The molecule has 2 aromatic carbocycles. The fourth-order valence-electron chi connectivity index (χ4n) is 3.18. The van der Waals surface area contributed by atoms with Crippen LogP contribution in [0.4, 0.5) is 0 Å². The number of halogens is 1. The lowest BCUT2D eigenvalue weighted by Crippen LogP contribution is -1.99. The smallest absolute Gasteiger partial charge is 0.336 e. The van der Waals surface area contributed by atoms with Crippen molar-refractivity contribution in [2.75, 3.05) is 0 Å². The SMILES string of the molecule is Cc1c(-c2cc(=O)oc3ccc(C(C)C)cc23)oc2ccc(Cl)cc12. The standard InChI is InChI=1S/C21H17ClO3/c1-11(2)13-4-6-19-16(8-13)17(10-20(23)24-19)21-12(3)15-9-14(22)5-7-18(15)25-21/h4-11H,1-3H3. The van der Waals surface area contributed by atoms with Crippen LogP contribution in [0.25, 0.3) is 33.3 Å². The molecule has 25 heavy (non-hydrogen) atoms. The van der Waals surface area contributed by atoms with Gasteiger partial charge in [-0.05, 0) is 48.7 Å². The number of benzene rings is 2. The van der Waals surface area contributed by atoms with Gasteiger partial charge in [-0.1, -0.05) is 31.5 Å². The molecule has 0 aliphatic carbocycles. The van der Waals surface area contributed by atoms with Gasteiger partial charge in [-0.25, -0.2) is 4.79 Å². The minimum atomic E-state index is -0.391. The Morgan fingerprint density at radius 3 is 2.40 bits per heavy atom. The van der Waals surface area contributed by atoms with Crippen LogP contribution in [-0.4, -0.2) is 0 Å². The zero-order valence-electron chi connectivity index (χ0n) is 14.2. The van der Waals surface area contributed by atoms with Crippen molar-refractivity contribution in [2.24, 2.45) is 0 Å². The van der Waals surface area contributed by atoms with E-state index in [4.69, 9.17) is 20.4 Å². The molecular formula is C21H17ClO3. The van der Waals surface area contributed by atoms with Gasteiger partial charge in [0.2, 0.25) is 0 Å². The van der Waals surface area contributed by atoms with Gasteiger partial charge in [0.1, 0.15) is 16.9 Å². The Labute approximate surface area is 149 Å². The summed E-state index contributed by atoms with van der Waals surface area (Å²) < 4.78 is 11.4. The van der Waals surface area contributed by atoms with Crippen LogP contribution in [0.3, 0.4) is 0 Å².